The summed E-state index contributed by atoms with van der Waals surface area (Å²) < 4.78 is 28.5. The lowest BCUT2D eigenvalue weighted by atomic mass is 10.1. The zero-order chi connectivity index (χ0) is 26.4. The molecule has 7 nitrogen and oxygen atoms in total. The molecule has 4 rings (SSSR count). The molecule has 1 heterocycles. The van der Waals surface area contributed by atoms with Crippen LogP contribution < -0.4 is 9.62 Å². The fraction of sp³-hybridized carbons (Fsp3) is 0.310. The molecule has 0 aliphatic carbocycles. The Balaban J connectivity index is 1.63. The Morgan fingerprint density at radius 1 is 0.865 bits per heavy atom. The second kappa shape index (κ2) is 11.6. The Bertz CT molecular complexity index is 1360. The molecule has 0 aromatic heterocycles. The molecule has 1 aliphatic heterocycles. The van der Waals surface area contributed by atoms with Gasteiger partial charge in [0.15, 0.2) is 0 Å². The summed E-state index contributed by atoms with van der Waals surface area (Å²) in [6.45, 7) is 4.64. The number of nitrogens with zero attached hydrogens (tertiary/aromatic N) is 2. The summed E-state index contributed by atoms with van der Waals surface area (Å²) in [6, 6.07) is 20.5. The molecule has 0 spiro atoms. The zero-order valence-electron chi connectivity index (χ0n) is 21.3. The molecular weight excluding hydrogens is 486 g/mol. The smallest absolute Gasteiger partial charge is 0.264 e. The highest BCUT2D eigenvalue weighted by molar-refractivity contribution is 7.92. The number of hydrogen-bond acceptors (Lipinski definition) is 4. The van der Waals surface area contributed by atoms with Crippen LogP contribution in [0.2, 0.25) is 0 Å². The Kier molecular flexibility index (Phi) is 8.28. The second-order valence-electron chi connectivity index (χ2n) is 9.41. The minimum absolute atomic E-state index is 0.0976. The van der Waals surface area contributed by atoms with Gasteiger partial charge in [-0.15, -0.1) is 0 Å². The van der Waals surface area contributed by atoms with Crippen molar-refractivity contribution in [1.29, 1.82) is 0 Å². The molecular formula is C29H33N3O4S. The Labute approximate surface area is 219 Å². The molecule has 3 aromatic carbocycles. The number of carbonyl (C=O) groups is 2. The van der Waals surface area contributed by atoms with Crippen LogP contribution in [0.3, 0.4) is 0 Å². The Morgan fingerprint density at radius 2 is 1.51 bits per heavy atom. The van der Waals surface area contributed by atoms with Gasteiger partial charge in [0.25, 0.3) is 15.9 Å². The molecule has 194 valence electrons. The standard InChI is InChI=1S/C29H33N3O4S/c1-22-16-17-23(2)27(20-22)32(37(35,36)24-12-6-5-7-13-24)21-28(33)30-26-15-9-8-14-25(26)29(34)31-18-10-3-4-11-19-31/h5-9,12-17,20H,3-4,10-11,18-19,21H2,1-2H3,(H,30,33). The van der Waals surface area contributed by atoms with Crippen molar-refractivity contribution >= 4 is 33.2 Å². The van der Waals surface area contributed by atoms with Crippen LogP contribution in [-0.4, -0.2) is 44.8 Å². The Hall–Kier alpha value is -3.65. The van der Waals surface area contributed by atoms with E-state index < -0.39 is 22.5 Å². The van der Waals surface area contributed by atoms with Crippen molar-refractivity contribution in [2.24, 2.45) is 0 Å². The van der Waals surface area contributed by atoms with Gasteiger partial charge in [-0.25, -0.2) is 8.42 Å². The number of hydrogen-bond donors (Lipinski definition) is 1. The second-order valence-corrected chi connectivity index (χ2v) is 11.3. The van der Waals surface area contributed by atoms with Gasteiger partial charge in [0.1, 0.15) is 6.54 Å². The van der Waals surface area contributed by atoms with Crippen molar-refractivity contribution < 1.29 is 18.0 Å². The van der Waals surface area contributed by atoms with E-state index in [1.54, 1.807) is 48.5 Å². The number of amides is 2. The van der Waals surface area contributed by atoms with E-state index in [0.29, 0.717) is 30.0 Å². The first kappa shape index (κ1) is 26.4. The minimum atomic E-state index is -4.03. The van der Waals surface area contributed by atoms with Gasteiger partial charge in [0.05, 0.1) is 21.8 Å². The molecule has 1 N–H and O–H groups in total. The third-order valence-corrected chi connectivity index (χ3v) is 8.35. The molecule has 0 unspecified atom stereocenters. The monoisotopic (exact) mass is 519 g/mol. The zero-order valence-corrected chi connectivity index (χ0v) is 22.1. The van der Waals surface area contributed by atoms with Gasteiger partial charge in [-0.1, -0.05) is 55.3 Å². The molecule has 8 heteroatoms. The maximum atomic E-state index is 13.7. The number of sulfonamides is 1. The quantitative estimate of drug-likeness (QED) is 0.468. The molecule has 1 aliphatic rings. The summed E-state index contributed by atoms with van der Waals surface area (Å²) in [4.78, 5) is 28.6. The highest BCUT2D eigenvalue weighted by atomic mass is 32.2. The third-order valence-electron chi connectivity index (χ3n) is 6.58. The highest BCUT2D eigenvalue weighted by Gasteiger charge is 2.29. The first-order valence-electron chi connectivity index (χ1n) is 12.6. The van der Waals surface area contributed by atoms with Gasteiger partial charge in [-0.3, -0.25) is 13.9 Å². The number of likely N-dealkylation sites (tertiary alicyclic amines) is 1. The summed E-state index contributed by atoms with van der Waals surface area (Å²) in [6.07, 6.45) is 4.13. The van der Waals surface area contributed by atoms with Crippen LogP contribution in [0.1, 0.15) is 47.2 Å². The summed E-state index contributed by atoms with van der Waals surface area (Å²) in [5, 5.41) is 2.81. The van der Waals surface area contributed by atoms with Crippen molar-refractivity contribution in [2.75, 3.05) is 29.3 Å². The SMILES string of the molecule is Cc1ccc(C)c(N(CC(=O)Nc2ccccc2C(=O)N2CCCCCC2)S(=O)(=O)c2ccccc2)c1. The normalized spacial score (nSPS) is 14.1. The van der Waals surface area contributed by atoms with E-state index in [1.165, 1.54) is 12.1 Å². The number of aryl methyl sites for hydroxylation is 2. The van der Waals surface area contributed by atoms with Crippen LogP contribution in [-0.2, 0) is 14.8 Å². The number of carbonyl (C=O) groups excluding carboxylic acids is 2. The summed E-state index contributed by atoms with van der Waals surface area (Å²) in [5.74, 6) is -0.655. The number of nitrogens with one attached hydrogen (secondary N) is 1. The minimum Gasteiger partial charge on any atom is -0.339 e. The molecule has 3 aromatic rings. The highest BCUT2D eigenvalue weighted by Crippen LogP contribution is 2.28. The lowest BCUT2D eigenvalue weighted by Gasteiger charge is -2.26. The van der Waals surface area contributed by atoms with Gasteiger partial charge in [0.2, 0.25) is 5.91 Å². The third kappa shape index (κ3) is 6.20. The largest absolute Gasteiger partial charge is 0.339 e. The maximum Gasteiger partial charge on any atom is 0.264 e. The van der Waals surface area contributed by atoms with Crippen molar-refractivity contribution in [1.82, 2.24) is 4.90 Å². The lowest BCUT2D eigenvalue weighted by molar-refractivity contribution is -0.114. The molecule has 2 amide bonds. The molecule has 0 radical (unpaired) electrons. The number of anilines is 2. The van der Waals surface area contributed by atoms with Gasteiger partial charge in [-0.2, -0.15) is 0 Å². The molecule has 1 saturated heterocycles. The van der Waals surface area contributed by atoms with Gasteiger partial charge >= 0.3 is 0 Å². The fourth-order valence-electron chi connectivity index (χ4n) is 4.55. The van der Waals surface area contributed by atoms with Crippen molar-refractivity contribution in [3.8, 4) is 0 Å². The van der Waals surface area contributed by atoms with Crippen LogP contribution in [0.5, 0.6) is 0 Å². The number of para-hydroxylation sites is 1. The van der Waals surface area contributed by atoms with Crippen LogP contribution in [0.25, 0.3) is 0 Å². The van der Waals surface area contributed by atoms with E-state index >= 15 is 0 Å². The molecule has 0 atom stereocenters. The van der Waals surface area contributed by atoms with Gasteiger partial charge < -0.3 is 10.2 Å². The first-order valence-corrected chi connectivity index (χ1v) is 14.0. The van der Waals surface area contributed by atoms with E-state index in [9.17, 15) is 18.0 Å². The van der Waals surface area contributed by atoms with Crippen LogP contribution >= 0.6 is 0 Å². The average Bonchev–Trinajstić information content (AvgIpc) is 3.19. The van der Waals surface area contributed by atoms with E-state index in [2.05, 4.69) is 5.32 Å². The summed E-state index contributed by atoms with van der Waals surface area (Å²) in [5.41, 5.74) is 2.83. The van der Waals surface area contributed by atoms with Gasteiger partial charge in [-0.05, 0) is 68.1 Å². The predicted octanol–water partition coefficient (Wildman–Crippen LogP) is 5.15. The van der Waals surface area contributed by atoms with Gasteiger partial charge in [0, 0.05) is 13.1 Å². The van der Waals surface area contributed by atoms with Crippen molar-refractivity contribution in [3.05, 3.63) is 89.5 Å². The van der Waals surface area contributed by atoms with E-state index in [-0.39, 0.29) is 10.8 Å². The summed E-state index contributed by atoms with van der Waals surface area (Å²) >= 11 is 0. The van der Waals surface area contributed by atoms with Crippen LogP contribution in [0, 0.1) is 13.8 Å². The van der Waals surface area contributed by atoms with Crippen molar-refractivity contribution in [2.45, 2.75) is 44.4 Å². The first-order chi connectivity index (χ1) is 17.8. The predicted molar refractivity (Wildman–Crippen MR) is 146 cm³/mol. The number of benzene rings is 3. The summed E-state index contributed by atoms with van der Waals surface area (Å²) in [7, 11) is -4.03. The van der Waals surface area contributed by atoms with E-state index in [1.807, 2.05) is 30.9 Å². The molecule has 0 saturated carbocycles. The van der Waals surface area contributed by atoms with Crippen molar-refractivity contribution in [3.63, 3.8) is 0 Å². The molecule has 1 fully saturated rings. The fourth-order valence-corrected chi connectivity index (χ4v) is 6.05. The topological polar surface area (TPSA) is 86.8 Å². The maximum absolute atomic E-state index is 13.7. The lowest BCUT2D eigenvalue weighted by Crippen LogP contribution is -2.39. The Morgan fingerprint density at radius 3 is 2.22 bits per heavy atom. The number of rotatable bonds is 7. The van der Waals surface area contributed by atoms with E-state index in [0.717, 1.165) is 41.1 Å². The van der Waals surface area contributed by atoms with Crippen LogP contribution in [0.4, 0.5) is 11.4 Å². The molecule has 0 bridgehead atoms. The molecule has 37 heavy (non-hydrogen) atoms. The average molecular weight is 520 g/mol. The van der Waals surface area contributed by atoms with Crippen LogP contribution in [0.15, 0.2) is 77.7 Å². The van der Waals surface area contributed by atoms with E-state index in [4.69, 9.17) is 0 Å².